The normalized spacial score (nSPS) is 14.1. The first-order valence-electron chi connectivity index (χ1n) is 31.6. The van der Waals surface area contributed by atoms with Gasteiger partial charge < -0.3 is 28.5 Å². The highest BCUT2D eigenvalue weighted by Crippen LogP contribution is 2.38. The highest BCUT2D eigenvalue weighted by Gasteiger charge is 2.27. The van der Waals surface area contributed by atoms with Crippen LogP contribution in [-0.4, -0.2) is 69.4 Å². The van der Waals surface area contributed by atoms with Crippen molar-refractivity contribution in [2.75, 3.05) is 40.9 Å². The molecule has 0 heterocycles. The van der Waals surface area contributed by atoms with Gasteiger partial charge in [0.2, 0.25) is 5.91 Å². The number of unbranched alkanes of at least 4 members (excludes halogenated alkanes) is 33. The van der Waals surface area contributed by atoms with Crippen LogP contribution in [0.2, 0.25) is 0 Å². The van der Waals surface area contributed by atoms with E-state index in [1.807, 2.05) is 33.3 Å². The van der Waals surface area contributed by atoms with E-state index in [0.29, 0.717) is 17.4 Å². The number of quaternary nitrogens is 1. The first-order valence-corrected chi connectivity index (χ1v) is 33.1. The maximum absolute atomic E-state index is 13.5. The van der Waals surface area contributed by atoms with Crippen molar-refractivity contribution in [1.82, 2.24) is 5.32 Å². The van der Waals surface area contributed by atoms with Crippen LogP contribution in [0.15, 0.2) is 60.8 Å². The lowest BCUT2D eigenvalue weighted by molar-refractivity contribution is -0.870. The van der Waals surface area contributed by atoms with Crippen molar-refractivity contribution in [3.05, 3.63) is 60.8 Å². The van der Waals surface area contributed by atoms with E-state index < -0.39 is 26.6 Å². The first kappa shape index (κ1) is 72.7. The van der Waals surface area contributed by atoms with E-state index in [9.17, 15) is 19.0 Å². The minimum absolute atomic E-state index is 0.0250. The maximum atomic E-state index is 13.5. The van der Waals surface area contributed by atoms with E-state index in [1.165, 1.54) is 173 Å². The average molecular weight is 1070 g/mol. The highest BCUT2D eigenvalue weighted by atomic mass is 31.2. The molecule has 1 N–H and O–H groups in total. The largest absolute Gasteiger partial charge is 0.756 e. The van der Waals surface area contributed by atoms with E-state index >= 15 is 0 Å². The van der Waals surface area contributed by atoms with Crippen molar-refractivity contribution >= 4 is 19.7 Å². The monoisotopic (exact) mass is 1070 g/mol. The second-order valence-electron chi connectivity index (χ2n) is 22.6. The van der Waals surface area contributed by atoms with Gasteiger partial charge >= 0.3 is 5.97 Å². The summed E-state index contributed by atoms with van der Waals surface area (Å²) >= 11 is 0. The Bertz CT molecular complexity index is 1470. The number of esters is 1. The molecule has 0 radical (unpaired) electrons. The number of nitrogens with one attached hydrogen (secondary N) is 1. The molecule has 0 bridgehead atoms. The molecule has 0 fully saturated rings. The minimum Gasteiger partial charge on any atom is -0.756 e. The third kappa shape index (κ3) is 56.2. The van der Waals surface area contributed by atoms with Crippen molar-refractivity contribution in [3.8, 4) is 0 Å². The molecule has 0 spiro atoms. The Kier molecular flexibility index (Phi) is 53.4. The topological polar surface area (TPSA) is 114 Å². The minimum atomic E-state index is -4.70. The molecule has 0 aromatic carbocycles. The summed E-state index contributed by atoms with van der Waals surface area (Å²) < 4.78 is 30.3. The molecule has 0 aliphatic heterocycles. The smallest absolute Gasteiger partial charge is 0.306 e. The van der Waals surface area contributed by atoms with Gasteiger partial charge in [0.15, 0.2) is 0 Å². The number of allylic oxidation sites excluding steroid dienone is 9. The van der Waals surface area contributed by atoms with Gasteiger partial charge in [0, 0.05) is 12.8 Å². The van der Waals surface area contributed by atoms with Crippen molar-refractivity contribution in [1.29, 1.82) is 0 Å². The third-order valence-corrected chi connectivity index (χ3v) is 14.9. The van der Waals surface area contributed by atoms with Gasteiger partial charge in [-0.3, -0.25) is 14.2 Å². The number of phosphoric acid groups is 1. The lowest BCUT2D eigenvalue weighted by Gasteiger charge is -2.30. The molecule has 3 unspecified atom stereocenters. The second kappa shape index (κ2) is 55.0. The summed E-state index contributed by atoms with van der Waals surface area (Å²) in [6.07, 6.45) is 69.0. The molecule has 75 heavy (non-hydrogen) atoms. The van der Waals surface area contributed by atoms with Crippen LogP contribution in [0.3, 0.4) is 0 Å². The second-order valence-corrected chi connectivity index (χ2v) is 24.0. The predicted molar refractivity (Wildman–Crippen MR) is 321 cm³/mol. The van der Waals surface area contributed by atoms with E-state index in [2.05, 4.69) is 74.7 Å². The lowest BCUT2D eigenvalue weighted by Crippen LogP contribution is -2.47. The van der Waals surface area contributed by atoms with E-state index in [0.717, 1.165) is 83.5 Å². The summed E-state index contributed by atoms with van der Waals surface area (Å²) in [5.41, 5.74) is 0. The van der Waals surface area contributed by atoms with Gasteiger partial charge in [0.05, 0.1) is 33.8 Å². The number of rotatable bonds is 57. The first-order chi connectivity index (χ1) is 36.4. The van der Waals surface area contributed by atoms with Gasteiger partial charge in [0.25, 0.3) is 7.82 Å². The Hall–Kier alpha value is -2.29. The van der Waals surface area contributed by atoms with Crippen LogP contribution in [0, 0.1) is 0 Å². The third-order valence-electron chi connectivity index (χ3n) is 13.9. The Morgan fingerprint density at radius 1 is 0.467 bits per heavy atom. The molecule has 3 atom stereocenters. The van der Waals surface area contributed by atoms with E-state index in [-0.39, 0.29) is 24.9 Å². The fourth-order valence-electron chi connectivity index (χ4n) is 8.99. The van der Waals surface area contributed by atoms with Crippen LogP contribution < -0.4 is 10.2 Å². The van der Waals surface area contributed by atoms with Gasteiger partial charge in [-0.15, -0.1) is 0 Å². The van der Waals surface area contributed by atoms with Crippen molar-refractivity contribution in [3.63, 3.8) is 0 Å². The van der Waals surface area contributed by atoms with Gasteiger partial charge in [0.1, 0.15) is 19.3 Å². The van der Waals surface area contributed by atoms with Crippen molar-refractivity contribution in [2.45, 2.75) is 303 Å². The Balaban J connectivity index is 5.19. The van der Waals surface area contributed by atoms with Crippen LogP contribution in [-0.2, 0) is 27.9 Å². The fourth-order valence-corrected chi connectivity index (χ4v) is 9.72. The molecule has 1 amide bonds. The predicted octanol–water partition coefficient (Wildman–Crippen LogP) is 18.8. The summed E-state index contributed by atoms with van der Waals surface area (Å²) in [5, 5.41) is 3.03. The molecule has 0 aliphatic rings. The van der Waals surface area contributed by atoms with Gasteiger partial charge in [-0.05, 0) is 96.0 Å². The molecule has 0 rings (SSSR count). The Labute approximate surface area is 464 Å². The van der Waals surface area contributed by atoms with Crippen molar-refractivity contribution in [2.24, 2.45) is 0 Å². The van der Waals surface area contributed by atoms with Crippen LogP contribution in [0.1, 0.15) is 290 Å². The van der Waals surface area contributed by atoms with Crippen LogP contribution in [0.5, 0.6) is 0 Å². The summed E-state index contributed by atoms with van der Waals surface area (Å²) in [6.45, 7) is 6.80. The number of nitrogens with zero attached hydrogens (tertiary/aromatic N) is 1. The molecule has 0 aromatic heterocycles. The molecule has 0 aliphatic carbocycles. The van der Waals surface area contributed by atoms with Gasteiger partial charge in [-0.25, -0.2) is 0 Å². The number of amides is 1. The molecule has 10 heteroatoms. The molecular weight excluding hydrogens is 952 g/mol. The quantitative estimate of drug-likeness (QED) is 0.0212. The van der Waals surface area contributed by atoms with E-state index in [4.69, 9.17) is 13.8 Å². The van der Waals surface area contributed by atoms with Crippen LogP contribution in [0.4, 0.5) is 0 Å². The number of carbonyl (C=O) groups is 2. The lowest BCUT2D eigenvalue weighted by atomic mass is 10.0. The zero-order valence-electron chi connectivity index (χ0n) is 50.0. The molecule has 438 valence electrons. The molecule has 0 saturated carbocycles. The molecular formula is C65H121N2O7P. The number of hydrogen-bond acceptors (Lipinski definition) is 7. The zero-order valence-corrected chi connectivity index (χ0v) is 50.9. The van der Waals surface area contributed by atoms with Gasteiger partial charge in [-0.2, -0.15) is 0 Å². The Morgan fingerprint density at radius 3 is 1.23 bits per heavy atom. The van der Waals surface area contributed by atoms with Crippen LogP contribution in [0.25, 0.3) is 0 Å². The number of likely N-dealkylation sites (N-methyl/N-ethyl adjacent to an activating group) is 1. The van der Waals surface area contributed by atoms with Gasteiger partial charge in [-0.1, -0.05) is 242 Å². The number of phosphoric ester groups is 1. The number of ether oxygens (including phenoxy) is 1. The molecule has 0 saturated heterocycles. The van der Waals surface area contributed by atoms with Crippen molar-refractivity contribution < 1.29 is 37.3 Å². The number of hydrogen-bond donors (Lipinski definition) is 1. The summed E-state index contributed by atoms with van der Waals surface area (Å²) in [6, 6.07) is -0.893. The van der Waals surface area contributed by atoms with Crippen LogP contribution >= 0.6 is 7.82 Å². The summed E-state index contributed by atoms with van der Waals surface area (Å²) in [7, 11) is 1.18. The summed E-state index contributed by atoms with van der Waals surface area (Å²) in [5.74, 6) is -0.547. The standard InChI is InChI=1S/C65H121N2O7P/c1-7-10-13-16-19-22-25-27-29-31-32-33-34-36-38-40-43-46-49-52-55-58-65(69)74-63(56-53-50-47-44-41-24-21-18-15-12-9-3)62(61-73-75(70,71)72-60-59-67(4,5)6)66-64(68)57-54-51-48-45-42-39-37-35-30-28-26-23-20-17-14-11-8-2/h19-20,22-23,27-30,53,56,62-63H,7-18,21,24-26,31-52,54-55,57-61H2,1-6H3,(H-,66,68,70,71)/b22-19-,23-20-,29-27-,30-28-,56-53+. The SMILES string of the molecule is CCCCC/C=C\C/C=C\CCCCCCCCCCCCCC(=O)OC(/C=C/CCCCCCCCCCC)C(COP(=O)([O-])OCC[N+](C)(C)C)NC(=O)CCCCCCCCC/C=C\C/C=C\CCCCC. The summed E-state index contributed by atoms with van der Waals surface area (Å²) in [4.78, 5) is 40.0. The maximum Gasteiger partial charge on any atom is 0.306 e. The highest BCUT2D eigenvalue weighted by molar-refractivity contribution is 7.45. The Morgan fingerprint density at radius 2 is 0.813 bits per heavy atom. The van der Waals surface area contributed by atoms with E-state index in [1.54, 1.807) is 0 Å². The number of carbonyl (C=O) groups excluding carboxylic acids is 2. The molecule has 0 aromatic rings. The zero-order chi connectivity index (χ0) is 55.0. The molecule has 9 nitrogen and oxygen atoms in total. The fraction of sp³-hybridized carbons (Fsp3) is 0.815. The average Bonchev–Trinajstić information content (AvgIpc) is 3.37.